The number of hydrogen-bond acceptors (Lipinski definition) is 4. The standard InChI is InChI=1S/C23H23F2N7O/c1-4-8-31-21(33)18-20(32-11-14(2)27-22(31)32)29-19(28-18)16-10-26-30(13-16)12-15-6-5-7-17(9-15)23(3,24)25/h5-7,9-11,13H,4,8,12H2,1-3H3,(H,28,29). The van der Waals surface area contributed by atoms with Crippen molar-refractivity contribution in [1.29, 1.82) is 0 Å². The molecular formula is C23H23F2N7O. The SMILES string of the molecule is CCCn1c(=O)c2[nH]c(-c3cnn(Cc4cccc(C(C)(F)F)c4)c3)nc2n2cc(C)nc12. The zero-order valence-corrected chi connectivity index (χ0v) is 18.5. The zero-order valence-electron chi connectivity index (χ0n) is 18.5. The van der Waals surface area contributed by atoms with E-state index in [1.165, 1.54) is 12.1 Å². The van der Waals surface area contributed by atoms with Gasteiger partial charge in [0.1, 0.15) is 5.82 Å². The molecule has 0 atom stereocenters. The Kier molecular flexibility index (Phi) is 4.88. The highest BCUT2D eigenvalue weighted by Gasteiger charge is 2.24. The van der Waals surface area contributed by atoms with Gasteiger partial charge in [-0.05, 0) is 25.0 Å². The highest BCUT2D eigenvalue weighted by Crippen LogP contribution is 2.27. The zero-order chi connectivity index (χ0) is 23.3. The number of rotatable bonds is 6. The number of H-pyrrole nitrogens is 1. The maximum Gasteiger partial charge on any atom is 0.280 e. The molecule has 0 aliphatic heterocycles. The Hall–Kier alpha value is -3.82. The summed E-state index contributed by atoms with van der Waals surface area (Å²) in [4.78, 5) is 25.4. The Balaban J connectivity index is 1.53. The van der Waals surface area contributed by atoms with E-state index in [-0.39, 0.29) is 11.1 Å². The molecule has 8 nitrogen and oxygen atoms in total. The van der Waals surface area contributed by atoms with E-state index in [1.807, 2.05) is 24.4 Å². The Morgan fingerprint density at radius 3 is 2.76 bits per heavy atom. The lowest BCUT2D eigenvalue weighted by molar-refractivity contribution is 0.0174. The normalized spacial score (nSPS) is 12.3. The highest BCUT2D eigenvalue weighted by atomic mass is 19.3. The summed E-state index contributed by atoms with van der Waals surface area (Å²) >= 11 is 0. The summed E-state index contributed by atoms with van der Waals surface area (Å²) in [7, 11) is 0. The Morgan fingerprint density at radius 1 is 1.18 bits per heavy atom. The van der Waals surface area contributed by atoms with E-state index in [4.69, 9.17) is 0 Å². The second-order valence-corrected chi connectivity index (χ2v) is 8.31. The average Bonchev–Trinajstić information content (AvgIpc) is 3.48. The van der Waals surface area contributed by atoms with E-state index in [0.717, 1.165) is 19.0 Å². The van der Waals surface area contributed by atoms with Crippen LogP contribution in [0, 0.1) is 6.92 Å². The number of aryl methyl sites for hydroxylation is 2. The van der Waals surface area contributed by atoms with Gasteiger partial charge in [-0.25, -0.2) is 18.7 Å². The van der Waals surface area contributed by atoms with E-state index < -0.39 is 5.92 Å². The largest absolute Gasteiger partial charge is 0.332 e. The number of aromatic nitrogens is 7. The summed E-state index contributed by atoms with van der Waals surface area (Å²) in [5.41, 5.74) is 2.89. The number of aromatic amines is 1. The summed E-state index contributed by atoms with van der Waals surface area (Å²) in [5.74, 6) is -1.83. The summed E-state index contributed by atoms with van der Waals surface area (Å²) in [6.07, 6.45) is 6.06. The van der Waals surface area contributed by atoms with Gasteiger partial charge in [-0.15, -0.1) is 0 Å². The number of halogens is 2. The number of fused-ring (bicyclic) bond motifs is 3. The molecule has 10 heteroatoms. The lowest BCUT2D eigenvalue weighted by Gasteiger charge is -2.12. The minimum atomic E-state index is -2.90. The fourth-order valence-corrected chi connectivity index (χ4v) is 4.01. The second-order valence-electron chi connectivity index (χ2n) is 8.31. The number of hydrogen-bond donors (Lipinski definition) is 1. The summed E-state index contributed by atoms with van der Waals surface area (Å²) in [5, 5.41) is 4.35. The van der Waals surface area contributed by atoms with Crippen LogP contribution in [-0.2, 0) is 19.0 Å². The first-order valence-electron chi connectivity index (χ1n) is 10.7. The van der Waals surface area contributed by atoms with Crippen molar-refractivity contribution in [2.24, 2.45) is 0 Å². The van der Waals surface area contributed by atoms with Crippen LogP contribution in [0.15, 0.2) is 47.7 Å². The van der Waals surface area contributed by atoms with Gasteiger partial charge in [-0.3, -0.25) is 18.4 Å². The first-order chi connectivity index (χ1) is 15.7. The van der Waals surface area contributed by atoms with Crippen molar-refractivity contribution in [3.63, 3.8) is 0 Å². The maximum absolute atomic E-state index is 13.7. The van der Waals surface area contributed by atoms with Gasteiger partial charge >= 0.3 is 0 Å². The van der Waals surface area contributed by atoms with Crippen molar-refractivity contribution in [3.8, 4) is 11.4 Å². The molecule has 33 heavy (non-hydrogen) atoms. The molecule has 0 spiro atoms. The molecule has 0 saturated carbocycles. The Morgan fingerprint density at radius 2 is 2.00 bits per heavy atom. The van der Waals surface area contributed by atoms with Crippen molar-refractivity contribution in [2.75, 3.05) is 0 Å². The average molecular weight is 451 g/mol. The first kappa shape index (κ1) is 21.0. The summed E-state index contributed by atoms with van der Waals surface area (Å²) in [6.45, 7) is 5.65. The van der Waals surface area contributed by atoms with Crippen molar-refractivity contribution in [1.82, 2.24) is 33.7 Å². The monoisotopic (exact) mass is 451 g/mol. The van der Waals surface area contributed by atoms with Gasteiger partial charge in [0.05, 0.1) is 24.0 Å². The van der Waals surface area contributed by atoms with Crippen LogP contribution in [0.25, 0.3) is 28.3 Å². The van der Waals surface area contributed by atoms with E-state index in [0.29, 0.717) is 47.0 Å². The van der Waals surface area contributed by atoms with E-state index in [1.54, 1.807) is 33.8 Å². The van der Waals surface area contributed by atoms with Crippen molar-refractivity contribution in [3.05, 3.63) is 70.0 Å². The molecular weight excluding hydrogens is 428 g/mol. The van der Waals surface area contributed by atoms with Gasteiger partial charge in [0.15, 0.2) is 11.2 Å². The fraction of sp³-hybridized carbons (Fsp3) is 0.304. The molecule has 1 aromatic carbocycles. The predicted molar refractivity (Wildman–Crippen MR) is 120 cm³/mol. The number of imidazole rings is 2. The third-order valence-electron chi connectivity index (χ3n) is 5.55. The number of nitrogens with one attached hydrogen (secondary N) is 1. The van der Waals surface area contributed by atoms with E-state index >= 15 is 0 Å². The lowest BCUT2D eigenvalue weighted by Crippen LogP contribution is -2.23. The number of benzene rings is 1. The van der Waals surface area contributed by atoms with Crippen molar-refractivity contribution < 1.29 is 8.78 Å². The van der Waals surface area contributed by atoms with Crippen LogP contribution in [0.3, 0.4) is 0 Å². The van der Waals surface area contributed by atoms with Crippen LogP contribution in [-0.4, -0.2) is 33.7 Å². The Labute approximate surface area is 187 Å². The van der Waals surface area contributed by atoms with Gasteiger partial charge in [0, 0.05) is 31.4 Å². The molecule has 4 heterocycles. The molecule has 0 fully saturated rings. The first-order valence-corrected chi connectivity index (χ1v) is 10.7. The van der Waals surface area contributed by atoms with Gasteiger partial charge in [-0.1, -0.05) is 25.1 Å². The second kappa shape index (κ2) is 7.65. The molecule has 0 aliphatic carbocycles. The quantitative estimate of drug-likeness (QED) is 0.421. The molecule has 0 saturated heterocycles. The van der Waals surface area contributed by atoms with Crippen LogP contribution in [0.4, 0.5) is 8.78 Å². The number of nitrogens with zero attached hydrogens (tertiary/aromatic N) is 6. The molecule has 1 N–H and O–H groups in total. The van der Waals surface area contributed by atoms with Crippen molar-refractivity contribution >= 4 is 16.9 Å². The molecule has 170 valence electrons. The summed E-state index contributed by atoms with van der Waals surface area (Å²) in [6, 6.07) is 6.30. The van der Waals surface area contributed by atoms with Crippen LogP contribution in [0.1, 0.15) is 37.1 Å². The topological polar surface area (TPSA) is 85.8 Å². The molecule has 0 amide bonds. The van der Waals surface area contributed by atoms with Gasteiger partial charge in [0.25, 0.3) is 11.5 Å². The predicted octanol–water partition coefficient (Wildman–Crippen LogP) is 4.11. The van der Waals surface area contributed by atoms with Crippen LogP contribution >= 0.6 is 0 Å². The molecule has 0 radical (unpaired) electrons. The van der Waals surface area contributed by atoms with Crippen LogP contribution in [0.5, 0.6) is 0 Å². The highest BCUT2D eigenvalue weighted by molar-refractivity contribution is 5.77. The number of alkyl halides is 2. The third kappa shape index (κ3) is 3.71. The Bertz CT molecular complexity index is 1530. The van der Waals surface area contributed by atoms with Gasteiger partial charge in [-0.2, -0.15) is 5.10 Å². The molecule has 0 unspecified atom stereocenters. The van der Waals surface area contributed by atoms with E-state index in [2.05, 4.69) is 20.1 Å². The minimum absolute atomic E-state index is 0.0346. The van der Waals surface area contributed by atoms with E-state index in [9.17, 15) is 13.6 Å². The van der Waals surface area contributed by atoms with Gasteiger partial charge < -0.3 is 4.98 Å². The maximum atomic E-state index is 13.7. The lowest BCUT2D eigenvalue weighted by atomic mass is 10.1. The smallest absolute Gasteiger partial charge is 0.280 e. The fourth-order valence-electron chi connectivity index (χ4n) is 4.01. The third-order valence-corrected chi connectivity index (χ3v) is 5.55. The molecule has 4 aromatic heterocycles. The molecule has 0 bridgehead atoms. The van der Waals surface area contributed by atoms with Crippen LogP contribution < -0.4 is 5.56 Å². The van der Waals surface area contributed by atoms with Crippen LogP contribution in [0.2, 0.25) is 0 Å². The minimum Gasteiger partial charge on any atom is -0.332 e. The molecule has 5 aromatic rings. The molecule has 5 rings (SSSR count). The summed E-state index contributed by atoms with van der Waals surface area (Å²) < 4.78 is 32.4. The van der Waals surface area contributed by atoms with Gasteiger partial charge in [0.2, 0.25) is 5.78 Å². The van der Waals surface area contributed by atoms with Crippen molar-refractivity contribution in [2.45, 2.75) is 46.2 Å². The molecule has 0 aliphatic rings.